The summed E-state index contributed by atoms with van der Waals surface area (Å²) in [4.78, 5) is 17.4. The molecule has 0 unspecified atom stereocenters. The first-order valence-electron chi connectivity index (χ1n) is 15.0. The Hall–Kier alpha value is -0.850. The monoisotopic (exact) mass is 574 g/mol. The number of cyclic esters (lactones) is 1. The topological polar surface area (TPSA) is 132 Å². The lowest BCUT2D eigenvalue weighted by Crippen LogP contribution is -2.59. The first kappa shape index (κ1) is 35.3. The highest BCUT2D eigenvalue weighted by Gasteiger charge is 2.48. The summed E-state index contributed by atoms with van der Waals surface area (Å²) in [5.74, 6) is -2.34. The van der Waals surface area contributed by atoms with E-state index in [-0.39, 0.29) is 24.5 Å². The van der Waals surface area contributed by atoms with Gasteiger partial charge in [-0.1, -0.05) is 20.8 Å². The van der Waals surface area contributed by atoms with Crippen molar-refractivity contribution in [1.82, 2.24) is 9.80 Å². The van der Waals surface area contributed by atoms with Gasteiger partial charge in [0.25, 0.3) is 0 Å². The molecule has 0 bridgehead atoms. The van der Waals surface area contributed by atoms with Gasteiger partial charge >= 0.3 is 5.97 Å². The Morgan fingerprint density at radius 1 is 1.07 bits per heavy atom. The van der Waals surface area contributed by atoms with E-state index in [4.69, 9.17) is 14.2 Å². The van der Waals surface area contributed by atoms with Crippen LogP contribution in [0.1, 0.15) is 81.1 Å². The number of likely N-dealkylation sites (N-methyl/N-ethyl adjacent to an activating group) is 1. The first-order valence-corrected chi connectivity index (χ1v) is 15.0. The van der Waals surface area contributed by atoms with Crippen LogP contribution in [0.5, 0.6) is 0 Å². The number of ether oxygens (including phenoxy) is 3. The molecule has 10 heteroatoms. The molecule has 0 aromatic heterocycles. The SMILES string of the molecule is CC[C@H]1OC(=O)[C@H](C)[C@@H](O)[C@H](C)[C@@H](O[C@H]2C[C@@H](N(C)C)C[C@@H](C)O2)[C@](C)(O)C[C@@H](C)CN(C)[C@H](C)[C@@H](O)[C@]1(C)O. The normalized spacial score (nSPS) is 47.4. The Kier molecular flexibility index (Phi) is 12.4. The van der Waals surface area contributed by atoms with E-state index < -0.39 is 65.8 Å². The first-order chi connectivity index (χ1) is 18.3. The molecular weight excluding hydrogens is 516 g/mol. The number of aliphatic hydroxyl groups excluding tert-OH is 2. The predicted octanol–water partition coefficient (Wildman–Crippen LogP) is 2.00. The molecule has 0 spiro atoms. The standard InChI is InChI=1S/C30H58N2O8/c1-12-23-30(8,37)26(34)21(6)32(11)16-17(2)15-29(7,36)27(19(4)25(33)20(5)28(35)39-23)40-24-14-22(31(9)10)13-18(3)38-24/h17-27,33-34,36-37H,12-16H2,1-11H3/t17-,18-,19+,20-,21-,22+,23-,24+,25+,26-,27-,29-,30-/m1/s1. The van der Waals surface area contributed by atoms with E-state index in [1.54, 1.807) is 27.7 Å². The molecule has 10 nitrogen and oxygen atoms in total. The molecule has 2 heterocycles. The van der Waals surface area contributed by atoms with Crippen LogP contribution in [0.25, 0.3) is 0 Å². The second-order valence-electron chi connectivity index (χ2n) is 13.5. The predicted molar refractivity (Wildman–Crippen MR) is 154 cm³/mol. The maximum absolute atomic E-state index is 13.3. The van der Waals surface area contributed by atoms with Crippen molar-refractivity contribution >= 4 is 5.97 Å². The molecule has 0 aliphatic carbocycles. The molecule has 0 radical (unpaired) electrons. The molecule has 2 aliphatic rings. The molecule has 40 heavy (non-hydrogen) atoms. The van der Waals surface area contributed by atoms with Gasteiger partial charge in [0, 0.05) is 31.0 Å². The van der Waals surface area contributed by atoms with E-state index in [0.717, 1.165) is 6.42 Å². The fraction of sp³-hybridized carbons (Fsp3) is 0.967. The zero-order chi connectivity index (χ0) is 30.7. The molecule has 0 aromatic rings. The summed E-state index contributed by atoms with van der Waals surface area (Å²) in [6.07, 6.45) is -2.75. The fourth-order valence-electron chi connectivity index (χ4n) is 6.68. The van der Waals surface area contributed by atoms with Crippen molar-refractivity contribution in [3.8, 4) is 0 Å². The number of hydrogen-bond donors (Lipinski definition) is 4. The Balaban J connectivity index is 2.48. The maximum Gasteiger partial charge on any atom is 0.311 e. The quantitative estimate of drug-likeness (QED) is 0.370. The van der Waals surface area contributed by atoms with Crippen LogP contribution in [-0.2, 0) is 19.0 Å². The van der Waals surface area contributed by atoms with Crippen LogP contribution in [0.2, 0.25) is 0 Å². The maximum atomic E-state index is 13.3. The summed E-state index contributed by atoms with van der Waals surface area (Å²) >= 11 is 0. The number of aliphatic hydroxyl groups is 4. The molecule has 0 saturated carbocycles. The van der Waals surface area contributed by atoms with E-state index >= 15 is 0 Å². The Morgan fingerprint density at radius 3 is 2.23 bits per heavy atom. The van der Waals surface area contributed by atoms with Crippen LogP contribution >= 0.6 is 0 Å². The Morgan fingerprint density at radius 2 is 1.68 bits per heavy atom. The lowest BCUT2D eigenvalue weighted by molar-refractivity contribution is -0.267. The smallest absolute Gasteiger partial charge is 0.311 e. The summed E-state index contributed by atoms with van der Waals surface area (Å²) in [5, 5.41) is 45.9. The van der Waals surface area contributed by atoms with Crippen LogP contribution in [0.3, 0.4) is 0 Å². The molecule has 4 N–H and O–H groups in total. The molecule has 2 saturated heterocycles. The van der Waals surface area contributed by atoms with Crippen molar-refractivity contribution in [1.29, 1.82) is 0 Å². The van der Waals surface area contributed by atoms with Gasteiger partial charge in [0.15, 0.2) is 6.29 Å². The Labute approximate surface area is 242 Å². The van der Waals surface area contributed by atoms with Crippen LogP contribution in [0.4, 0.5) is 0 Å². The minimum Gasteiger partial charge on any atom is -0.459 e. The van der Waals surface area contributed by atoms with Crippen LogP contribution in [0.15, 0.2) is 0 Å². The van der Waals surface area contributed by atoms with Gasteiger partial charge < -0.3 is 44.4 Å². The molecule has 0 aromatic carbocycles. The van der Waals surface area contributed by atoms with E-state index in [9.17, 15) is 25.2 Å². The molecular formula is C30H58N2O8. The summed E-state index contributed by atoms with van der Waals surface area (Å²) in [6, 6.07) is -0.219. The van der Waals surface area contributed by atoms with Gasteiger partial charge in [0.2, 0.25) is 0 Å². The molecule has 0 amide bonds. The molecule has 13 atom stereocenters. The summed E-state index contributed by atoms with van der Waals surface area (Å²) in [6.45, 7) is 14.7. The molecule has 2 fully saturated rings. The van der Waals surface area contributed by atoms with Gasteiger partial charge in [-0.3, -0.25) is 4.79 Å². The highest BCUT2D eigenvalue weighted by atomic mass is 16.7. The second kappa shape index (κ2) is 14.1. The summed E-state index contributed by atoms with van der Waals surface area (Å²) in [7, 11) is 5.91. The van der Waals surface area contributed by atoms with Crippen molar-refractivity contribution in [3.63, 3.8) is 0 Å². The van der Waals surface area contributed by atoms with E-state index in [2.05, 4.69) is 4.90 Å². The van der Waals surface area contributed by atoms with Crippen molar-refractivity contribution in [2.24, 2.45) is 17.8 Å². The lowest BCUT2D eigenvalue weighted by atomic mass is 9.78. The summed E-state index contributed by atoms with van der Waals surface area (Å²) < 4.78 is 18.4. The number of carbonyl (C=O) groups excluding carboxylic acids is 1. The fourth-order valence-corrected chi connectivity index (χ4v) is 6.68. The van der Waals surface area contributed by atoms with Crippen LogP contribution < -0.4 is 0 Å². The van der Waals surface area contributed by atoms with Crippen molar-refractivity contribution < 1.29 is 39.4 Å². The van der Waals surface area contributed by atoms with Crippen LogP contribution in [-0.4, -0.2) is 124 Å². The number of rotatable bonds is 4. The average molecular weight is 575 g/mol. The number of hydrogen-bond acceptors (Lipinski definition) is 10. The van der Waals surface area contributed by atoms with Crippen molar-refractivity contribution in [2.45, 2.75) is 141 Å². The van der Waals surface area contributed by atoms with E-state index in [1.165, 1.54) is 6.92 Å². The number of esters is 1. The largest absolute Gasteiger partial charge is 0.459 e. The number of carbonyl (C=O) groups is 1. The van der Waals surface area contributed by atoms with Crippen molar-refractivity contribution in [2.75, 3.05) is 27.7 Å². The minimum absolute atomic E-state index is 0.0295. The van der Waals surface area contributed by atoms with E-state index in [0.29, 0.717) is 19.4 Å². The third-order valence-electron chi connectivity index (χ3n) is 9.39. The van der Waals surface area contributed by atoms with Gasteiger partial charge in [-0.25, -0.2) is 0 Å². The highest BCUT2D eigenvalue weighted by molar-refractivity contribution is 5.73. The zero-order valence-corrected chi connectivity index (χ0v) is 26.7. The zero-order valence-electron chi connectivity index (χ0n) is 26.7. The third kappa shape index (κ3) is 8.37. The Bertz CT molecular complexity index is 809. The highest BCUT2D eigenvalue weighted by Crippen LogP contribution is 2.36. The van der Waals surface area contributed by atoms with Gasteiger partial charge in [0.1, 0.15) is 17.8 Å². The average Bonchev–Trinajstić information content (AvgIpc) is 2.86. The van der Waals surface area contributed by atoms with Gasteiger partial charge in [-0.2, -0.15) is 0 Å². The lowest BCUT2D eigenvalue weighted by Gasteiger charge is -2.45. The molecule has 2 rings (SSSR count). The van der Waals surface area contributed by atoms with E-state index in [1.807, 2.05) is 46.8 Å². The minimum atomic E-state index is -1.72. The second-order valence-corrected chi connectivity index (χ2v) is 13.5. The van der Waals surface area contributed by atoms with Gasteiger partial charge in [0.05, 0.1) is 29.8 Å². The summed E-state index contributed by atoms with van der Waals surface area (Å²) in [5.41, 5.74) is -3.09. The molecule has 236 valence electrons. The number of nitrogens with zero attached hydrogens (tertiary/aromatic N) is 2. The van der Waals surface area contributed by atoms with Crippen molar-refractivity contribution in [3.05, 3.63) is 0 Å². The van der Waals surface area contributed by atoms with Crippen LogP contribution in [0, 0.1) is 17.8 Å². The van der Waals surface area contributed by atoms with Gasteiger partial charge in [-0.05, 0) is 80.9 Å². The third-order valence-corrected chi connectivity index (χ3v) is 9.39. The molecule has 2 aliphatic heterocycles. The van der Waals surface area contributed by atoms with Gasteiger partial charge in [-0.15, -0.1) is 0 Å².